The van der Waals surface area contributed by atoms with Crippen LogP contribution in [0.15, 0.2) is 72.8 Å². The Morgan fingerprint density at radius 1 is 0.348 bits per heavy atom. The molecular formula is C82H116N2O2S3. The van der Waals surface area contributed by atoms with Crippen molar-refractivity contribution in [1.82, 2.24) is 0 Å². The molecule has 0 fully saturated rings. The van der Waals surface area contributed by atoms with Crippen LogP contribution in [0, 0.1) is 25.7 Å². The van der Waals surface area contributed by atoms with Crippen molar-refractivity contribution in [3.05, 3.63) is 93.0 Å². The number of anilines is 2. The van der Waals surface area contributed by atoms with Crippen molar-refractivity contribution in [3.63, 3.8) is 0 Å². The van der Waals surface area contributed by atoms with Gasteiger partial charge in [-0.05, 0) is 96.7 Å². The molecule has 2 unspecified atom stereocenters. The maximum Gasteiger partial charge on any atom is 0.260 e. The number of unbranched alkanes of at least 4 members (excludes halogenated alkanes) is 32. The lowest BCUT2D eigenvalue weighted by Crippen LogP contribution is -2.34. The number of hydrogen-bond donors (Lipinski definition) is 0. The summed E-state index contributed by atoms with van der Waals surface area (Å²) in [6.45, 7) is 15.1. The summed E-state index contributed by atoms with van der Waals surface area (Å²) in [7, 11) is 0. The summed E-state index contributed by atoms with van der Waals surface area (Å²) in [6.07, 6.45) is 52.4. The van der Waals surface area contributed by atoms with E-state index in [1.54, 1.807) is 22.7 Å². The maximum absolute atomic E-state index is 15.9. The molecule has 0 radical (unpaired) electrons. The fraction of sp³-hybridized carbons (Fsp3) is 0.610. The Hall–Kier alpha value is -4.30. The molecule has 7 heteroatoms. The third-order valence-electron chi connectivity index (χ3n) is 20.4. The van der Waals surface area contributed by atoms with Gasteiger partial charge in [-0.15, -0.1) is 34.0 Å². The summed E-state index contributed by atoms with van der Waals surface area (Å²) >= 11 is 5.41. The second-order valence-electron chi connectivity index (χ2n) is 27.8. The number of nitrogens with zero attached hydrogens (tertiary/aromatic N) is 2. The summed E-state index contributed by atoms with van der Waals surface area (Å²) in [4.78, 5) is 40.4. The molecule has 0 bridgehead atoms. The highest BCUT2D eigenvalue weighted by Crippen LogP contribution is 2.54. The number of carbonyl (C=O) groups excluding carboxylic acids is 2. The van der Waals surface area contributed by atoms with E-state index < -0.39 is 0 Å². The van der Waals surface area contributed by atoms with Crippen LogP contribution in [0.25, 0.3) is 63.3 Å². The fourth-order valence-corrected chi connectivity index (χ4v) is 18.7. The summed E-state index contributed by atoms with van der Waals surface area (Å²) in [5.41, 5.74) is 5.89. The molecule has 2 atom stereocenters. The third-order valence-corrected chi connectivity index (χ3v) is 23.9. The van der Waals surface area contributed by atoms with E-state index in [2.05, 4.69) is 124 Å². The van der Waals surface area contributed by atoms with E-state index in [-0.39, 0.29) is 11.8 Å². The minimum Gasteiger partial charge on any atom is -0.307 e. The molecule has 2 aliphatic heterocycles. The van der Waals surface area contributed by atoms with Gasteiger partial charge in [0.2, 0.25) is 0 Å². The lowest BCUT2D eigenvalue weighted by Gasteiger charge is -2.25. The van der Waals surface area contributed by atoms with Crippen molar-refractivity contribution in [2.45, 2.75) is 298 Å². The Labute approximate surface area is 552 Å². The number of aryl methyl sites for hydroxylation is 2. The van der Waals surface area contributed by atoms with Gasteiger partial charge in [-0.3, -0.25) is 9.59 Å². The van der Waals surface area contributed by atoms with Gasteiger partial charge in [-0.2, -0.15) is 0 Å². The molecule has 0 N–H and O–H groups in total. The number of hydrogen-bond acceptors (Lipinski definition) is 5. The highest BCUT2D eigenvalue weighted by atomic mass is 32.1. The second kappa shape index (κ2) is 36.8. The van der Waals surface area contributed by atoms with Crippen LogP contribution in [-0.2, 0) is 9.59 Å². The van der Waals surface area contributed by atoms with Crippen LogP contribution < -0.4 is 9.80 Å². The maximum atomic E-state index is 15.9. The molecule has 0 spiro atoms. The molecule has 5 heterocycles. The van der Waals surface area contributed by atoms with Crippen LogP contribution in [0.4, 0.5) is 11.4 Å². The lowest BCUT2D eigenvalue weighted by molar-refractivity contribution is -0.114. The average molecular weight is 1260 g/mol. The van der Waals surface area contributed by atoms with E-state index in [4.69, 9.17) is 0 Å². The predicted octanol–water partition coefficient (Wildman–Crippen LogP) is 27.3. The molecule has 89 heavy (non-hydrogen) atoms. The van der Waals surface area contributed by atoms with Gasteiger partial charge in [-0.1, -0.05) is 319 Å². The van der Waals surface area contributed by atoms with Crippen molar-refractivity contribution in [1.29, 1.82) is 0 Å². The quantitative estimate of drug-likeness (QED) is 0.0282. The Balaban J connectivity index is 1.01. The van der Waals surface area contributed by atoms with Gasteiger partial charge in [0.05, 0.1) is 32.3 Å². The average Bonchev–Trinajstić information content (AvgIpc) is 1.87. The zero-order valence-corrected chi connectivity index (χ0v) is 59.2. The zero-order chi connectivity index (χ0) is 62.2. The third kappa shape index (κ3) is 19.0. The molecule has 0 saturated carbocycles. The highest BCUT2D eigenvalue weighted by molar-refractivity contribution is 7.27. The molecule has 4 aromatic carbocycles. The number of benzene rings is 4. The first kappa shape index (κ1) is 69.1. The first-order valence-electron chi connectivity index (χ1n) is 37.1. The molecular weight excluding hydrogens is 1140 g/mol. The molecule has 0 saturated heterocycles. The first-order chi connectivity index (χ1) is 43.7. The molecule has 3 aromatic heterocycles. The fourth-order valence-electron chi connectivity index (χ4n) is 15.0. The molecule has 4 nitrogen and oxygen atoms in total. The summed E-state index contributed by atoms with van der Waals surface area (Å²) in [5.74, 6) is 0.970. The zero-order valence-electron chi connectivity index (χ0n) is 56.7. The van der Waals surface area contributed by atoms with Gasteiger partial charge in [-0.25, -0.2) is 0 Å². The van der Waals surface area contributed by atoms with Crippen LogP contribution in [0.5, 0.6) is 0 Å². The van der Waals surface area contributed by atoms with Gasteiger partial charge < -0.3 is 9.80 Å². The van der Waals surface area contributed by atoms with Crippen LogP contribution in [0.3, 0.4) is 0 Å². The Kier molecular flexibility index (Phi) is 28.6. The van der Waals surface area contributed by atoms with Crippen molar-refractivity contribution >= 4 is 110 Å². The van der Waals surface area contributed by atoms with Gasteiger partial charge in [0.15, 0.2) is 0 Å². The summed E-state index contributed by atoms with van der Waals surface area (Å²) in [5, 5.41) is 7.82. The molecule has 2 amide bonds. The number of rotatable bonds is 45. The van der Waals surface area contributed by atoms with Crippen LogP contribution in [0.1, 0.15) is 305 Å². The topological polar surface area (TPSA) is 40.6 Å². The van der Waals surface area contributed by atoms with E-state index in [9.17, 15) is 0 Å². The largest absolute Gasteiger partial charge is 0.307 e. The van der Waals surface area contributed by atoms with Crippen molar-refractivity contribution < 1.29 is 9.59 Å². The number of thiophene rings is 3. The van der Waals surface area contributed by atoms with Crippen LogP contribution in [-0.4, -0.2) is 24.9 Å². The monoisotopic (exact) mass is 1260 g/mol. The van der Waals surface area contributed by atoms with E-state index >= 15 is 9.59 Å². The predicted molar refractivity (Wildman–Crippen MR) is 397 cm³/mol. The minimum atomic E-state index is 0.0539. The van der Waals surface area contributed by atoms with Gasteiger partial charge in [0, 0.05) is 43.0 Å². The molecule has 9 rings (SSSR count). The number of carbonyl (C=O) groups is 2. The molecule has 2 aliphatic rings. The molecule has 484 valence electrons. The number of amides is 2. The first-order valence-corrected chi connectivity index (χ1v) is 39.6. The Bertz CT molecular complexity index is 3330. The summed E-state index contributed by atoms with van der Waals surface area (Å²) in [6, 6.07) is 27.8. The van der Waals surface area contributed by atoms with E-state index in [1.807, 2.05) is 11.3 Å². The normalized spacial score (nSPS) is 14.9. The smallest absolute Gasteiger partial charge is 0.260 e. The van der Waals surface area contributed by atoms with E-state index in [0.29, 0.717) is 23.0 Å². The standard InChI is InChI=1S/C82H116N2O2S3/c1-7-11-15-19-23-27-29-33-37-41-44-63(43-39-35-31-25-21-17-13-9-3)59-83-72-56-62(6)87-79(72)75(81(83)85)76-80-73(84(82(76)86)60-64(45-40-36-32-26-22-18-14-10-4)46-42-38-34-30-28-24-20-16-12-8-2)58-74(88-80)67-50-52-69-66(57-67)49-54-71-70-53-48-65-55-61(5)47-51-68(65)77(70)89-78(69)71/h47-58,63-64H,7-46,59-60H2,1-6H3/b76-75+. The van der Waals surface area contributed by atoms with Crippen LogP contribution in [0.2, 0.25) is 0 Å². The van der Waals surface area contributed by atoms with Crippen molar-refractivity contribution in [2.24, 2.45) is 11.8 Å². The number of fused-ring (bicyclic) bond motifs is 9. The van der Waals surface area contributed by atoms with Crippen LogP contribution >= 0.6 is 34.0 Å². The lowest BCUT2D eigenvalue weighted by atomic mass is 9.93. The van der Waals surface area contributed by atoms with E-state index in [1.165, 1.54) is 307 Å². The van der Waals surface area contributed by atoms with Gasteiger partial charge in [0.25, 0.3) is 11.8 Å². The summed E-state index contributed by atoms with van der Waals surface area (Å²) < 4.78 is 2.70. The Morgan fingerprint density at radius 2 is 0.697 bits per heavy atom. The molecule has 0 aliphatic carbocycles. The SMILES string of the molecule is CCCCCCCCCCCCC(CCCCCCCCCC)CN1C(=O)/C(=C2/C(=O)N(CC(CCCCCCCCCC)CCCCCCCCCCCC)c3cc(-c4ccc5c(ccc6c7ccc8cc(C)ccc8c7sc56)c4)sc32)c2sc(C)cc21. The van der Waals surface area contributed by atoms with Gasteiger partial charge in [0.1, 0.15) is 0 Å². The van der Waals surface area contributed by atoms with Gasteiger partial charge >= 0.3 is 0 Å². The molecule has 7 aromatic rings. The van der Waals surface area contributed by atoms with E-state index in [0.717, 1.165) is 47.1 Å². The minimum absolute atomic E-state index is 0.0539. The highest BCUT2D eigenvalue weighted by Gasteiger charge is 2.45. The second-order valence-corrected chi connectivity index (χ2v) is 31.2. The van der Waals surface area contributed by atoms with Crippen molar-refractivity contribution in [2.75, 3.05) is 22.9 Å². The van der Waals surface area contributed by atoms with Crippen molar-refractivity contribution in [3.8, 4) is 10.4 Å². The Morgan fingerprint density at radius 3 is 1.11 bits per heavy atom.